The highest BCUT2D eigenvalue weighted by molar-refractivity contribution is 7.17. The second kappa shape index (κ2) is 6.13. The number of rotatable bonds is 3. The van der Waals surface area contributed by atoms with Gasteiger partial charge in [0, 0.05) is 21.5 Å². The molecule has 0 unspecified atom stereocenters. The van der Waals surface area contributed by atoms with E-state index in [0.29, 0.717) is 22.7 Å². The Bertz CT molecular complexity index is 1110. The van der Waals surface area contributed by atoms with Crippen LogP contribution in [0.25, 0.3) is 21.3 Å². The molecule has 0 N–H and O–H groups in total. The zero-order valence-electron chi connectivity index (χ0n) is 13.6. The SMILES string of the molecule is Cc1noc(C)c1Cn1cnc2scc(-c3ccc(Cl)cc3)c2c1=O. The largest absolute Gasteiger partial charge is 0.361 e. The van der Waals surface area contributed by atoms with Gasteiger partial charge in [0.15, 0.2) is 0 Å². The minimum atomic E-state index is -0.0730. The van der Waals surface area contributed by atoms with Gasteiger partial charge in [0.05, 0.1) is 24.0 Å². The van der Waals surface area contributed by atoms with Crippen LogP contribution in [0.1, 0.15) is 17.0 Å². The number of aryl methyl sites for hydroxylation is 2. The molecule has 3 heterocycles. The van der Waals surface area contributed by atoms with Crippen molar-refractivity contribution in [2.45, 2.75) is 20.4 Å². The van der Waals surface area contributed by atoms with Crippen molar-refractivity contribution in [1.82, 2.24) is 14.7 Å². The van der Waals surface area contributed by atoms with E-state index >= 15 is 0 Å². The Morgan fingerprint density at radius 1 is 1.24 bits per heavy atom. The smallest absolute Gasteiger partial charge is 0.263 e. The average Bonchev–Trinajstić information content (AvgIpc) is 3.17. The summed E-state index contributed by atoms with van der Waals surface area (Å²) in [4.78, 5) is 18.2. The van der Waals surface area contributed by atoms with Crippen LogP contribution >= 0.6 is 22.9 Å². The van der Waals surface area contributed by atoms with Gasteiger partial charge in [-0.2, -0.15) is 0 Å². The van der Waals surface area contributed by atoms with Crippen LogP contribution in [-0.2, 0) is 6.54 Å². The molecule has 3 aromatic heterocycles. The van der Waals surface area contributed by atoms with Crippen LogP contribution < -0.4 is 5.56 Å². The van der Waals surface area contributed by atoms with Crippen LogP contribution in [0.5, 0.6) is 0 Å². The molecular formula is C18H14ClN3O2S. The lowest BCUT2D eigenvalue weighted by atomic mass is 10.1. The van der Waals surface area contributed by atoms with E-state index in [1.807, 2.05) is 43.5 Å². The quantitative estimate of drug-likeness (QED) is 0.534. The maximum Gasteiger partial charge on any atom is 0.263 e. The van der Waals surface area contributed by atoms with Crippen LogP contribution in [0.15, 0.2) is 45.3 Å². The minimum Gasteiger partial charge on any atom is -0.361 e. The molecular weight excluding hydrogens is 358 g/mol. The van der Waals surface area contributed by atoms with Gasteiger partial charge in [0.2, 0.25) is 0 Å². The first-order chi connectivity index (χ1) is 12.0. The van der Waals surface area contributed by atoms with Crippen LogP contribution in [0.2, 0.25) is 5.02 Å². The maximum atomic E-state index is 13.1. The number of halogens is 1. The van der Waals surface area contributed by atoms with Crippen molar-refractivity contribution in [3.05, 3.63) is 68.4 Å². The van der Waals surface area contributed by atoms with Crippen LogP contribution in [0.4, 0.5) is 0 Å². The van der Waals surface area contributed by atoms with Crippen LogP contribution in [-0.4, -0.2) is 14.7 Å². The Hall–Kier alpha value is -2.44. The normalized spacial score (nSPS) is 11.3. The summed E-state index contributed by atoms with van der Waals surface area (Å²) in [5.74, 6) is 0.716. The van der Waals surface area contributed by atoms with E-state index in [9.17, 15) is 4.79 Å². The Kier molecular flexibility index (Phi) is 3.94. The first-order valence-electron chi connectivity index (χ1n) is 7.69. The van der Waals surface area contributed by atoms with E-state index in [1.54, 1.807) is 10.9 Å². The van der Waals surface area contributed by atoms with E-state index < -0.39 is 0 Å². The molecule has 7 heteroatoms. The van der Waals surface area contributed by atoms with Gasteiger partial charge in [-0.1, -0.05) is 28.9 Å². The summed E-state index contributed by atoms with van der Waals surface area (Å²) in [6.45, 7) is 4.10. The van der Waals surface area contributed by atoms with Gasteiger partial charge in [-0.15, -0.1) is 11.3 Å². The summed E-state index contributed by atoms with van der Waals surface area (Å²) in [5, 5.41) is 7.20. The molecule has 5 nitrogen and oxygen atoms in total. The van der Waals surface area contributed by atoms with Crippen molar-refractivity contribution in [3.8, 4) is 11.1 Å². The Balaban J connectivity index is 1.86. The second-order valence-electron chi connectivity index (χ2n) is 5.82. The molecule has 25 heavy (non-hydrogen) atoms. The molecule has 0 saturated carbocycles. The number of benzene rings is 1. The number of hydrogen-bond donors (Lipinski definition) is 0. The highest BCUT2D eigenvalue weighted by Crippen LogP contribution is 2.31. The molecule has 0 aliphatic carbocycles. The molecule has 0 atom stereocenters. The summed E-state index contributed by atoms with van der Waals surface area (Å²) in [5.41, 5.74) is 3.45. The Morgan fingerprint density at radius 2 is 2.00 bits per heavy atom. The van der Waals surface area contributed by atoms with Crippen molar-refractivity contribution >= 4 is 33.2 Å². The van der Waals surface area contributed by atoms with Crippen molar-refractivity contribution in [3.63, 3.8) is 0 Å². The number of aromatic nitrogens is 3. The fraction of sp³-hybridized carbons (Fsp3) is 0.167. The van der Waals surface area contributed by atoms with E-state index in [0.717, 1.165) is 27.2 Å². The predicted octanol–water partition coefficient (Wildman–Crippen LogP) is 4.43. The minimum absolute atomic E-state index is 0.0730. The molecule has 0 aliphatic rings. The first kappa shape index (κ1) is 16.1. The first-order valence-corrected chi connectivity index (χ1v) is 8.94. The van der Waals surface area contributed by atoms with Gasteiger partial charge in [-0.3, -0.25) is 9.36 Å². The van der Waals surface area contributed by atoms with E-state index in [4.69, 9.17) is 16.1 Å². The molecule has 0 bridgehead atoms. The summed E-state index contributed by atoms with van der Waals surface area (Å²) in [7, 11) is 0. The van der Waals surface area contributed by atoms with E-state index in [1.165, 1.54) is 11.3 Å². The fourth-order valence-electron chi connectivity index (χ4n) is 2.82. The zero-order chi connectivity index (χ0) is 17.6. The summed E-state index contributed by atoms with van der Waals surface area (Å²) in [6, 6.07) is 7.46. The van der Waals surface area contributed by atoms with Gasteiger partial charge < -0.3 is 4.52 Å². The fourth-order valence-corrected chi connectivity index (χ4v) is 3.85. The number of fused-ring (bicyclic) bond motifs is 1. The van der Waals surface area contributed by atoms with E-state index in [2.05, 4.69) is 10.1 Å². The zero-order valence-corrected chi connectivity index (χ0v) is 15.2. The Morgan fingerprint density at radius 3 is 2.68 bits per heavy atom. The van der Waals surface area contributed by atoms with Crippen molar-refractivity contribution in [2.75, 3.05) is 0 Å². The molecule has 0 spiro atoms. The van der Waals surface area contributed by atoms with Gasteiger partial charge >= 0.3 is 0 Å². The second-order valence-corrected chi connectivity index (χ2v) is 7.11. The molecule has 126 valence electrons. The molecule has 1 aromatic carbocycles. The lowest BCUT2D eigenvalue weighted by Crippen LogP contribution is -2.21. The molecule has 0 aliphatic heterocycles. The topological polar surface area (TPSA) is 60.9 Å². The summed E-state index contributed by atoms with van der Waals surface area (Å²) in [6.07, 6.45) is 1.58. The predicted molar refractivity (Wildman–Crippen MR) is 99.4 cm³/mol. The third-order valence-electron chi connectivity index (χ3n) is 4.23. The third kappa shape index (κ3) is 2.77. The van der Waals surface area contributed by atoms with Gasteiger partial charge in [0.25, 0.3) is 5.56 Å². The molecule has 0 fully saturated rings. The lowest BCUT2D eigenvalue weighted by Gasteiger charge is -2.06. The molecule has 0 radical (unpaired) electrons. The molecule has 0 amide bonds. The van der Waals surface area contributed by atoms with Gasteiger partial charge in [-0.25, -0.2) is 4.98 Å². The third-order valence-corrected chi connectivity index (χ3v) is 5.36. The molecule has 4 aromatic rings. The number of hydrogen-bond acceptors (Lipinski definition) is 5. The Labute approximate surface area is 152 Å². The number of nitrogens with zero attached hydrogens (tertiary/aromatic N) is 3. The van der Waals surface area contributed by atoms with Gasteiger partial charge in [0.1, 0.15) is 10.6 Å². The van der Waals surface area contributed by atoms with Crippen molar-refractivity contribution in [2.24, 2.45) is 0 Å². The number of thiophene rings is 1. The molecule has 4 rings (SSSR count). The summed E-state index contributed by atoms with van der Waals surface area (Å²) >= 11 is 7.43. The highest BCUT2D eigenvalue weighted by Gasteiger charge is 2.16. The monoisotopic (exact) mass is 371 g/mol. The average molecular weight is 372 g/mol. The maximum absolute atomic E-state index is 13.1. The van der Waals surface area contributed by atoms with Crippen LogP contribution in [0.3, 0.4) is 0 Å². The van der Waals surface area contributed by atoms with Crippen LogP contribution in [0, 0.1) is 13.8 Å². The van der Waals surface area contributed by atoms with E-state index in [-0.39, 0.29) is 5.56 Å². The molecule has 0 saturated heterocycles. The highest BCUT2D eigenvalue weighted by atomic mass is 35.5. The lowest BCUT2D eigenvalue weighted by molar-refractivity contribution is 0.392. The summed E-state index contributed by atoms with van der Waals surface area (Å²) < 4.78 is 6.79. The van der Waals surface area contributed by atoms with Crippen molar-refractivity contribution in [1.29, 1.82) is 0 Å². The van der Waals surface area contributed by atoms with Gasteiger partial charge in [-0.05, 0) is 31.5 Å². The standard InChI is InChI=1S/C18H14ClN3O2S/c1-10-14(11(2)24-21-10)7-22-9-20-17-16(18(22)23)15(8-25-17)12-3-5-13(19)6-4-12/h3-6,8-9H,7H2,1-2H3. The van der Waals surface area contributed by atoms with Crippen molar-refractivity contribution < 1.29 is 4.52 Å².